The van der Waals surface area contributed by atoms with E-state index in [4.69, 9.17) is 11.6 Å². The van der Waals surface area contributed by atoms with Crippen molar-refractivity contribution in [1.82, 2.24) is 9.21 Å². The van der Waals surface area contributed by atoms with Crippen LogP contribution in [0.15, 0.2) is 23.1 Å². The lowest BCUT2D eigenvalue weighted by molar-refractivity contribution is -0.132. The third-order valence-electron chi connectivity index (χ3n) is 3.41. The van der Waals surface area contributed by atoms with Crippen LogP contribution < -0.4 is 0 Å². The molecule has 1 aliphatic heterocycles. The van der Waals surface area contributed by atoms with Gasteiger partial charge in [-0.25, -0.2) is 12.8 Å². The third-order valence-corrected chi connectivity index (χ3v) is 5.59. The second-order valence-electron chi connectivity index (χ2n) is 5.08. The summed E-state index contributed by atoms with van der Waals surface area (Å²) in [6.07, 6.45) is 1.00. The molecule has 8 heteroatoms. The Morgan fingerprint density at radius 2 is 2.10 bits per heavy atom. The minimum atomic E-state index is -4.06. The number of benzene rings is 1. The molecule has 1 fully saturated rings. The molecule has 1 heterocycles. The third kappa shape index (κ3) is 3.04. The molecule has 1 saturated heterocycles. The number of carbonyl (C=O) groups is 1. The Balaban J connectivity index is 2.41. The van der Waals surface area contributed by atoms with Gasteiger partial charge in [-0.1, -0.05) is 11.6 Å². The summed E-state index contributed by atoms with van der Waals surface area (Å²) in [6.45, 7) is 0.203. The first-order valence-corrected chi connectivity index (χ1v) is 8.25. The number of nitrogens with zero attached hydrogens (tertiary/aromatic N) is 2. The molecule has 0 aromatic heterocycles. The van der Waals surface area contributed by atoms with Gasteiger partial charge in [0.2, 0.25) is 15.9 Å². The Morgan fingerprint density at radius 3 is 2.67 bits per heavy atom. The molecule has 116 valence electrons. The first-order valence-electron chi connectivity index (χ1n) is 6.43. The van der Waals surface area contributed by atoms with Crippen molar-refractivity contribution in [3.05, 3.63) is 29.0 Å². The van der Waals surface area contributed by atoms with Gasteiger partial charge in [-0.2, -0.15) is 4.31 Å². The molecule has 0 aliphatic carbocycles. The molecule has 1 aliphatic rings. The molecule has 0 bridgehead atoms. The van der Waals surface area contributed by atoms with Crippen LogP contribution in [0.3, 0.4) is 0 Å². The molecule has 0 saturated carbocycles. The van der Waals surface area contributed by atoms with E-state index in [9.17, 15) is 17.6 Å². The highest BCUT2D eigenvalue weighted by atomic mass is 35.5. The number of amides is 1. The van der Waals surface area contributed by atoms with Crippen molar-refractivity contribution in [1.29, 1.82) is 0 Å². The summed E-state index contributed by atoms with van der Waals surface area (Å²) < 4.78 is 40.1. The summed E-state index contributed by atoms with van der Waals surface area (Å²) in [6, 6.07) is 2.62. The summed E-state index contributed by atoms with van der Waals surface area (Å²) in [5.41, 5.74) is 0. The maximum Gasteiger partial charge on any atom is 0.246 e. The zero-order valence-electron chi connectivity index (χ0n) is 11.7. The van der Waals surface area contributed by atoms with Gasteiger partial charge in [0.15, 0.2) is 0 Å². The normalized spacial score (nSPS) is 19.7. The molecule has 0 radical (unpaired) electrons. The molecule has 0 spiro atoms. The lowest BCUT2D eigenvalue weighted by Crippen LogP contribution is -2.45. The Hall–Kier alpha value is -1.18. The average molecular weight is 335 g/mol. The highest BCUT2D eigenvalue weighted by Crippen LogP contribution is 2.29. The monoisotopic (exact) mass is 334 g/mol. The summed E-state index contributed by atoms with van der Waals surface area (Å²) in [4.78, 5) is 13.0. The molecule has 0 unspecified atom stereocenters. The molecule has 1 aromatic carbocycles. The van der Waals surface area contributed by atoms with Crippen molar-refractivity contribution in [2.45, 2.75) is 23.8 Å². The van der Waals surface area contributed by atoms with Crippen LogP contribution in [0.2, 0.25) is 5.02 Å². The first kappa shape index (κ1) is 16.2. The van der Waals surface area contributed by atoms with Crippen molar-refractivity contribution in [3.63, 3.8) is 0 Å². The Bertz CT molecular complexity index is 663. The van der Waals surface area contributed by atoms with Gasteiger partial charge in [0.1, 0.15) is 16.8 Å². The summed E-state index contributed by atoms with van der Waals surface area (Å²) in [5, 5.41) is 0.119. The van der Waals surface area contributed by atoms with Gasteiger partial charge in [-0.3, -0.25) is 4.79 Å². The van der Waals surface area contributed by atoms with Crippen LogP contribution in [0.5, 0.6) is 0 Å². The Labute approximate surface area is 128 Å². The van der Waals surface area contributed by atoms with E-state index in [1.807, 2.05) is 0 Å². The van der Waals surface area contributed by atoms with E-state index in [0.717, 1.165) is 16.4 Å². The van der Waals surface area contributed by atoms with Crippen molar-refractivity contribution in [2.24, 2.45) is 0 Å². The number of halogens is 2. The van der Waals surface area contributed by atoms with E-state index in [-0.39, 0.29) is 17.5 Å². The van der Waals surface area contributed by atoms with E-state index in [1.165, 1.54) is 11.0 Å². The van der Waals surface area contributed by atoms with Crippen LogP contribution in [-0.2, 0) is 14.8 Å². The fourth-order valence-corrected chi connectivity index (χ4v) is 4.24. The lowest BCUT2D eigenvalue weighted by atomic mass is 10.2. The predicted octanol–water partition coefficient (Wildman–Crippen LogP) is 1.72. The van der Waals surface area contributed by atoms with Crippen molar-refractivity contribution >= 4 is 27.5 Å². The standard InChI is InChI=1S/C13H16ClFN2O3S/c1-16(2)13(18)11-4-3-7-17(11)21(19,20)12-6-5-9(14)8-10(12)15/h5-6,8,11H,3-4,7H2,1-2H3/t11-/m0/s1. The van der Waals surface area contributed by atoms with E-state index in [1.54, 1.807) is 14.1 Å². The van der Waals surface area contributed by atoms with Crippen LogP contribution in [0.4, 0.5) is 4.39 Å². The van der Waals surface area contributed by atoms with Crippen molar-refractivity contribution in [3.8, 4) is 0 Å². The first-order chi connectivity index (χ1) is 9.75. The molecule has 5 nitrogen and oxygen atoms in total. The number of likely N-dealkylation sites (N-methyl/N-ethyl adjacent to an activating group) is 1. The van der Waals surface area contributed by atoms with Crippen molar-refractivity contribution in [2.75, 3.05) is 20.6 Å². The van der Waals surface area contributed by atoms with Crippen LogP contribution >= 0.6 is 11.6 Å². The maximum atomic E-state index is 13.9. The summed E-state index contributed by atoms with van der Waals surface area (Å²) in [7, 11) is -0.934. The maximum absolute atomic E-state index is 13.9. The Morgan fingerprint density at radius 1 is 1.43 bits per heavy atom. The second kappa shape index (κ2) is 5.90. The number of hydrogen-bond donors (Lipinski definition) is 0. The molecule has 1 atom stereocenters. The average Bonchev–Trinajstić information content (AvgIpc) is 2.86. The van der Waals surface area contributed by atoms with Gasteiger partial charge < -0.3 is 4.90 Å². The quantitative estimate of drug-likeness (QED) is 0.845. The molecule has 21 heavy (non-hydrogen) atoms. The van der Waals surface area contributed by atoms with Gasteiger partial charge >= 0.3 is 0 Å². The molecular formula is C13H16ClFN2O3S. The number of hydrogen-bond acceptors (Lipinski definition) is 3. The lowest BCUT2D eigenvalue weighted by Gasteiger charge is -2.25. The molecule has 0 N–H and O–H groups in total. The van der Waals surface area contributed by atoms with Crippen LogP contribution in [0, 0.1) is 5.82 Å². The van der Waals surface area contributed by atoms with E-state index < -0.39 is 26.8 Å². The molecule has 1 aromatic rings. The Kier molecular flexibility index (Phi) is 4.55. The topological polar surface area (TPSA) is 57.7 Å². The van der Waals surface area contributed by atoms with E-state index in [0.29, 0.717) is 12.8 Å². The largest absolute Gasteiger partial charge is 0.347 e. The fourth-order valence-electron chi connectivity index (χ4n) is 2.38. The van der Waals surface area contributed by atoms with Gasteiger partial charge in [0.25, 0.3) is 0 Å². The molecule has 2 rings (SSSR count). The van der Waals surface area contributed by atoms with Crippen LogP contribution in [0.1, 0.15) is 12.8 Å². The second-order valence-corrected chi connectivity index (χ2v) is 7.38. The SMILES string of the molecule is CN(C)C(=O)[C@@H]1CCCN1S(=O)(=O)c1ccc(Cl)cc1F. The van der Waals surface area contributed by atoms with Crippen molar-refractivity contribution < 1.29 is 17.6 Å². The van der Waals surface area contributed by atoms with Gasteiger partial charge in [0.05, 0.1) is 0 Å². The van der Waals surface area contributed by atoms with E-state index in [2.05, 4.69) is 0 Å². The van der Waals surface area contributed by atoms with Crippen LogP contribution in [-0.4, -0.2) is 50.2 Å². The zero-order valence-corrected chi connectivity index (χ0v) is 13.3. The highest BCUT2D eigenvalue weighted by Gasteiger charge is 2.41. The summed E-state index contributed by atoms with van der Waals surface area (Å²) >= 11 is 5.64. The predicted molar refractivity (Wildman–Crippen MR) is 77.0 cm³/mol. The minimum Gasteiger partial charge on any atom is -0.347 e. The van der Waals surface area contributed by atoms with Gasteiger partial charge in [0, 0.05) is 25.7 Å². The fraction of sp³-hybridized carbons (Fsp3) is 0.462. The minimum absolute atomic E-state index is 0.119. The molecular weight excluding hydrogens is 319 g/mol. The van der Waals surface area contributed by atoms with Crippen LogP contribution in [0.25, 0.3) is 0 Å². The zero-order chi connectivity index (χ0) is 15.8. The van der Waals surface area contributed by atoms with Gasteiger partial charge in [-0.15, -0.1) is 0 Å². The highest BCUT2D eigenvalue weighted by molar-refractivity contribution is 7.89. The number of sulfonamides is 1. The molecule has 1 amide bonds. The number of carbonyl (C=O) groups excluding carboxylic acids is 1. The van der Waals surface area contributed by atoms with Gasteiger partial charge in [-0.05, 0) is 31.0 Å². The smallest absolute Gasteiger partial charge is 0.246 e. The summed E-state index contributed by atoms with van der Waals surface area (Å²) in [5.74, 6) is -1.21. The van der Waals surface area contributed by atoms with E-state index >= 15 is 0 Å². The number of rotatable bonds is 3.